The van der Waals surface area contributed by atoms with Crippen LogP contribution in [-0.2, 0) is 6.54 Å². The number of aromatic nitrogens is 2. The fraction of sp³-hybridized carbons (Fsp3) is 0.455. The van der Waals surface area contributed by atoms with E-state index >= 15 is 0 Å². The van der Waals surface area contributed by atoms with Crippen molar-refractivity contribution in [3.05, 3.63) is 22.7 Å². The summed E-state index contributed by atoms with van der Waals surface area (Å²) in [6, 6.07) is 1.92. The van der Waals surface area contributed by atoms with Crippen LogP contribution in [0.5, 0.6) is 0 Å². The van der Waals surface area contributed by atoms with E-state index in [2.05, 4.69) is 36.2 Å². The van der Waals surface area contributed by atoms with Gasteiger partial charge in [-0.1, -0.05) is 5.16 Å². The average Bonchev–Trinajstić information content (AvgIpc) is 2.84. The first-order chi connectivity index (χ1) is 7.54. The summed E-state index contributed by atoms with van der Waals surface area (Å²) < 4.78 is 5.23. The minimum absolute atomic E-state index is 0.0831. The Kier molecular flexibility index (Phi) is 3.07. The molecule has 2 aromatic rings. The van der Waals surface area contributed by atoms with Crippen molar-refractivity contribution in [1.82, 2.24) is 15.5 Å². The molecule has 0 aliphatic rings. The third kappa shape index (κ3) is 2.90. The summed E-state index contributed by atoms with van der Waals surface area (Å²) in [7, 11) is 0. The Balaban J connectivity index is 2.03. The molecule has 0 aliphatic carbocycles. The van der Waals surface area contributed by atoms with Crippen molar-refractivity contribution in [2.45, 2.75) is 32.9 Å². The lowest BCUT2D eigenvalue weighted by Crippen LogP contribution is -2.35. The molecule has 0 radical (unpaired) electrons. The molecule has 5 heteroatoms. The van der Waals surface area contributed by atoms with Gasteiger partial charge in [0.15, 0.2) is 5.76 Å². The first kappa shape index (κ1) is 11.3. The smallest absolute Gasteiger partial charge is 0.186 e. The maximum Gasteiger partial charge on any atom is 0.186 e. The van der Waals surface area contributed by atoms with Crippen LogP contribution < -0.4 is 5.32 Å². The van der Waals surface area contributed by atoms with Gasteiger partial charge in [-0.05, 0) is 20.8 Å². The number of nitrogens with one attached hydrogen (secondary N) is 1. The van der Waals surface area contributed by atoms with Crippen LogP contribution in [0.2, 0.25) is 0 Å². The summed E-state index contributed by atoms with van der Waals surface area (Å²) in [5, 5.41) is 9.30. The molecule has 16 heavy (non-hydrogen) atoms. The molecule has 0 fully saturated rings. The first-order valence-electron chi connectivity index (χ1n) is 5.14. The van der Waals surface area contributed by atoms with Crippen LogP contribution in [0.4, 0.5) is 0 Å². The van der Waals surface area contributed by atoms with Crippen molar-refractivity contribution >= 4 is 11.3 Å². The highest BCUT2D eigenvalue weighted by Gasteiger charge is 2.12. The van der Waals surface area contributed by atoms with Gasteiger partial charge in [0.1, 0.15) is 5.69 Å². The van der Waals surface area contributed by atoms with Crippen LogP contribution in [0.3, 0.4) is 0 Å². The van der Waals surface area contributed by atoms with Gasteiger partial charge >= 0.3 is 0 Å². The number of nitrogens with zero attached hydrogens (tertiary/aromatic N) is 2. The van der Waals surface area contributed by atoms with Crippen molar-refractivity contribution < 1.29 is 4.52 Å². The highest BCUT2D eigenvalue weighted by Crippen LogP contribution is 2.19. The molecule has 4 nitrogen and oxygen atoms in total. The van der Waals surface area contributed by atoms with Crippen LogP contribution in [0, 0.1) is 0 Å². The quantitative estimate of drug-likeness (QED) is 0.891. The maximum absolute atomic E-state index is 5.23. The molecule has 0 aliphatic heterocycles. The molecule has 1 N–H and O–H groups in total. The van der Waals surface area contributed by atoms with E-state index in [1.165, 1.54) is 0 Å². The summed E-state index contributed by atoms with van der Waals surface area (Å²) in [5.41, 5.74) is 3.61. The summed E-state index contributed by atoms with van der Waals surface area (Å²) >= 11 is 1.55. The van der Waals surface area contributed by atoms with E-state index in [0.717, 1.165) is 17.1 Å². The van der Waals surface area contributed by atoms with Crippen LogP contribution in [0.15, 0.2) is 21.5 Å². The molecule has 2 heterocycles. The largest absolute Gasteiger partial charge is 0.354 e. The summed E-state index contributed by atoms with van der Waals surface area (Å²) in [6.07, 6.45) is 0. The van der Waals surface area contributed by atoms with Crippen LogP contribution in [0.25, 0.3) is 11.5 Å². The molecule has 0 atom stereocenters. The zero-order chi connectivity index (χ0) is 11.6. The van der Waals surface area contributed by atoms with Crippen molar-refractivity contribution in [3.63, 3.8) is 0 Å². The third-order valence-corrected chi connectivity index (χ3v) is 2.63. The standard InChI is InChI=1S/C11H15N3OS/c1-11(2,3)13-5-8-4-10(15-14-8)9-6-16-7-12-9/h4,6-7,13H,5H2,1-3H3. The molecule has 86 valence electrons. The van der Waals surface area contributed by atoms with Crippen molar-refractivity contribution in [1.29, 1.82) is 0 Å². The van der Waals surface area contributed by atoms with E-state index in [-0.39, 0.29) is 5.54 Å². The molecule has 0 amide bonds. The molecule has 0 saturated carbocycles. The minimum Gasteiger partial charge on any atom is -0.354 e. The number of thiazole rings is 1. The van der Waals surface area contributed by atoms with E-state index in [9.17, 15) is 0 Å². The van der Waals surface area contributed by atoms with Gasteiger partial charge in [-0.2, -0.15) is 0 Å². The van der Waals surface area contributed by atoms with Crippen LogP contribution in [0.1, 0.15) is 26.5 Å². The predicted octanol–water partition coefficient (Wildman–Crippen LogP) is 2.69. The van der Waals surface area contributed by atoms with Crippen LogP contribution in [-0.4, -0.2) is 15.7 Å². The van der Waals surface area contributed by atoms with Gasteiger partial charge in [-0.15, -0.1) is 11.3 Å². The normalized spacial score (nSPS) is 11.9. The van der Waals surface area contributed by atoms with E-state index in [0.29, 0.717) is 6.54 Å². The van der Waals surface area contributed by atoms with E-state index < -0.39 is 0 Å². The fourth-order valence-electron chi connectivity index (χ4n) is 1.21. The highest BCUT2D eigenvalue weighted by atomic mass is 32.1. The molecule has 0 bridgehead atoms. The number of rotatable bonds is 3. The van der Waals surface area contributed by atoms with Gasteiger partial charge in [0.05, 0.1) is 11.2 Å². The second-order valence-corrected chi connectivity index (χ2v) is 5.38. The van der Waals surface area contributed by atoms with Crippen molar-refractivity contribution in [2.24, 2.45) is 0 Å². The highest BCUT2D eigenvalue weighted by molar-refractivity contribution is 7.07. The number of hydrogen-bond donors (Lipinski definition) is 1. The predicted molar refractivity (Wildman–Crippen MR) is 64.2 cm³/mol. The van der Waals surface area contributed by atoms with Crippen molar-refractivity contribution in [2.75, 3.05) is 0 Å². The zero-order valence-electron chi connectivity index (χ0n) is 9.65. The summed E-state index contributed by atoms with van der Waals surface area (Å²) in [4.78, 5) is 4.17. The Morgan fingerprint density at radius 3 is 2.88 bits per heavy atom. The average molecular weight is 237 g/mol. The van der Waals surface area contributed by atoms with Gasteiger partial charge in [0, 0.05) is 23.5 Å². The third-order valence-electron chi connectivity index (χ3n) is 2.04. The molecule has 0 spiro atoms. The SMILES string of the molecule is CC(C)(C)NCc1cc(-c2cscn2)on1. The molecule has 0 saturated heterocycles. The lowest BCUT2D eigenvalue weighted by atomic mass is 10.1. The molecule has 0 aromatic carbocycles. The second kappa shape index (κ2) is 4.35. The molecule has 2 rings (SSSR count). The molecular weight excluding hydrogens is 222 g/mol. The minimum atomic E-state index is 0.0831. The van der Waals surface area contributed by atoms with E-state index in [1.807, 2.05) is 11.4 Å². The second-order valence-electron chi connectivity index (χ2n) is 4.66. The van der Waals surface area contributed by atoms with Crippen LogP contribution >= 0.6 is 11.3 Å². The Morgan fingerprint density at radius 1 is 1.44 bits per heavy atom. The first-order valence-corrected chi connectivity index (χ1v) is 6.08. The molecular formula is C11H15N3OS. The molecule has 0 unspecified atom stereocenters. The summed E-state index contributed by atoms with van der Waals surface area (Å²) in [5.74, 6) is 0.729. The Bertz CT molecular complexity index is 442. The van der Waals surface area contributed by atoms with Gasteiger partial charge in [-0.25, -0.2) is 4.98 Å². The van der Waals surface area contributed by atoms with Gasteiger partial charge in [-0.3, -0.25) is 0 Å². The number of hydrogen-bond acceptors (Lipinski definition) is 5. The maximum atomic E-state index is 5.23. The Hall–Kier alpha value is -1.20. The van der Waals surface area contributed by atoms with E-state index in [4.69, 9.17) is 4.52 Å². The topological polar surface area (TPSA) is 51.0 Å². The Labute approximate surface area is 98.7 Å². The van der Waals surface area contributed by atoms with Gasteiger partial charge in [0.25, 0.3) is 0 Å². The van der Waals surface area contributed by atoms with Crippen molar-refractivity contribution in [3.8, 4) is 11.5 Å². The molecule has 2 aromatic heterocycles. The van der Waals surface area contributed by atoms with Gasteiger partial charge < -0.3 is 9.84 Å². The summed E-state index contributed by atoms with van der Waals surface area (Å²) in [6.45, 7) is 7.06. The lowest BCUT2D eigenvalue weighted by Gasteiger charge is -2.19. The zero-order valence-corrected chi connectivity index (χ0v) is 10.5. The lowest BCUT2D eigenvalue weighted by molar-refractivity contribution is 0.392. The van der Waals surface area contributed by atoms with Gasteiger partial charge in [0.2, 0.25) is 0 Å². The monoisotopic (exact) mass is 237 g/mol. The Morgan fingerprint density at radius 2 is 2.25 bits per heavy atom. The fourth-order valence-corrected chi connectivity index (χ4v) is 1.75. The van der Waals surface area contributed by atoms with E-state index in [1.54, 1.807) is 16.8 Å².